The topological polar surface area (TPSA) is 69.5 Å². The van der Waals surface area contributed by atoms with Gasteiger partial charge >= 0.3 is 12.3 Å². The van der Waals surface area contributed by atoms with Gasteiger partial charge in [0.25, 0.3) is 0 Å². The molecular formula is C20H24ClF3N4O3. The molecule has 2 aromatic rings. The van der Waals surface area contributed by atoms with Gasteiger partial charge in [-0.05, 0) is 44.9 Å². The van der Waals surface area contributed by atoms with Gasteiger partial charge in [-0.15, -0.1) is 5.10 Å². The van der Waals surface area contributed by atoms with Crippen LogP contribution in [0, 0.1) is 0 Å². The summed E-state index contributed by atoms with van der Waals surface area (Å²) in [5.41, 5.74) is 0.481. The largest absolute Gasteiger partial charge is 0.444 e. The standard InChI is InChI=1S/C20H24ClF3N4O3/c1-19(2,3)31-18(29)28-10-17(16-9-27(26-25-16)12-20(22,23)24)30-11-15(28)8-13-4-6-14(21)7-5-13/h4-7,9,15,17H,8,10-12H2,1-3H3/t15-,17+/m0/s1. The van der Waals surface area contributed by atoms with Crippen LogP contribution in [-0.4, -0.2) is 57.0 Å². The molecule has 0 bridgehead atoms. The van der Waals surface area contributed by atoms with Crippen LogP contribution >= 0.6 is 11.6 Å². The minimum absolute atomic E-state index is 0.0812. The number of ether oxygens (including phenoxy) is 2. The number of morpholine rings is 1. The number of halogens is 4. The van der Waals surface area contributed by atoms with E-state index in [9.17, 15) is 18.0 Å². The summed E-state index contributed by atoms with van der Waals surface area (Å²) >= 11 is 5.94. The Bertz CT molecular complexity index is 896. The van der Waals surface area contributed by atoms with Crippen molar-refractivity contribution in [3.05, 3.63) is 46.7 Å². The molecular weight excluding hydrogens is 437 g/mol. The molecule has 1 amide bonds. The molecule has 0 spiro atoms. The van der Waals surface area contributed by atoms with Crippen LogP contribution < -0.4 is 0 Å². The highest BCUT2D eigenvalue weighted by Crippen LogP contribution is 2.28. The number of benzene rings is 1. The quantitative estimate of drug-likeness (QED) is 0.675. The second-order valence-corrected chi connectivity index (χ2v) is 8.83. The summed E-state index contributed by atoms with van der Waals surface area (Å²) in [5, 5.41) is 7.93. The molecule has 7 nitrogen and oxygen atoms in total. The lowest BCUT2D eigenvalue weighted by Crippen LogP contribution is -2.52. The van der Waals surface area contributed by atoms with E-state index in [1.54, 1.807) is 32.9 Å². The second-order valence-electron chi connectivity index (χ2n) is 8.40. The van der Waals surface area contributed by atoms with E-state index in [-0.39, 0.29) is 24.9 Å². The van der Waals surface area contributed by atoms with Crippen molar-refractivity contribution in [2.75, 3.05) is 13.2 Å². The predicted molar refractivity (Wildman–Crippen MR) is 107 cm³/mol. The van der Waals surface area contributed by atoms with Crippen LogP contribution in [0.2, 0.25) is 5.02 Å². The fourth-order valence-electron chi connectivity index (χ4n) is 3.20. The first-order valence-corrected chi connectivity index (χ1v) is 10.1. The van der Waals surface area contributed by atoms with Crippen molar-refractivity contribution in [1.29, 1.82) is 0 Å². The number of hydrogen-bond donors (Lipinski definition) is 0. The first-order valence-electron chi connectivity index (χ1n) is 9.72. The van der Waals surface area contributed by atoms with Crippen molar-refractivity contribution in [3.8, 4) is 0 Å². The lowest BCUT2D eigenvalue weighted by atomic mass is 10.0. The van der Waals surface area contributed by atoms with Crippen LogP contribution in [0.15, 0.2) is 30.5 Å². The molecule has 1 aliphatic rings. The maximum Gasteiger partial charge on any atom is 0.410 e. The van der Waals surface area contributed by atoms with Crippen molar-refractivity contribution in [2.45, 2.75) is 57.7 Å². The van der Waals surface area contributed by atoms with Gasteiger partial charge in [-0.1, -0.05) is 28.9 Å². The minimum atomic E-state index is -4.41. The number of aromatic nitrogens is 3. The molecule has 1 saturated heterocycles. The molecule has 170 valence electrons. The molecule has 31 heavy (non-hydrogen) atoms. The zero-order valence-corrected chi connectivity index (χ0v) is 18.2. The zero-order chi connectivity index (χ0) is 22.8. The first-order chi connectivity index (χ1) is 14.4. The normalized spacial score (nSPS) is 20.0. The molecule has 0 unspecified atom stereocenters. The van der Waals surface area contributed by atoms with Gasteiger partial charge < -0.3 is 9.47 Å². The number of nitrogens with zero attached hydrogens (tertiary/aromatic N) is 4. The number of hydrogen-bond acceptors (Lipinski definition) is 5. The van der Waals surface area contributed by atoms with Gasteiger partial charge in [0.1, 0.15) is 23.9 Å². The van der Waals surface area contributed by atoms with Gasteiger partial charge in [0, 0.05) is 5.02 Å². The van der Waals surface area contributed by atoms with Crippen LogP contribution in [0.4, 0.5) is 18.0 Å². The summed E-state index contributed by atoms with van der Waals surface area (Å²) in [5.74, 6) is 0. The third-order valence-electron chi connectivity index (χ3n) is 4.53. The fraction of sp³-hybridized carbons (Fsp3) is 0.550. The van der Waals surface area contributed by atoms with Crippen LogP contribution in [-0.2, 0) is 22.4 Å². The second kappa shape index (κ2) is 9.04. The summed E-state index contributed by atoms with van der Waals surface area (Å²) in [6.45, 7) is 4.29. The summed E-state index contributed by atoms with van der Waals surface area (Å²) in [4.78, 5) is 14.4. The molecule has 3 rings (SSSR count). The van der Waals surface area contributed by atoms with Gasteiger partial charge in [-0.3, -0.25) is 4.90 Å². The molecule has 0 N–H and O–H groups in total. The van der Waals surface area contributed by atoms with E-state index in [4.69, 9.17) is 21.1 Å². The van der Waals surface area contributed by atoms with E-state index in [0.29, 0.717) is 16.1 Å². The summed E-state index contributed by atoms with van der Waals surface area (Å²) in [6.07, 6.45) is -3.96. The molecule has 2 atom stereocenters. The third kappa shape index (κ3) is 6.83. The lowest BCUT2D eigenvalue weighted by Gasteiger charge is -2.39. The Morgan fingerprint density at radius 1 is 1.26 bits per heavy atom. The highest BCUT2D eigenvalue weighted by molar-refractivity contribution is 6.30. The predicted octanol–water partition coefficient (Wildman–Crippen LogP) is 4.41. The van der Waals surface area contributed by atoms with Crippen LogP contribution in [0.1, 0.15) is 38.1 Å². The zero-order valence-electron chi connectivity index (χ0n) is 17.4. The van der Waals surface area contributed by atoms with E-state index in [2.05, 4.69) is 10.3 Å². The monoisotopic (exact) mass is 460 g/mol. The van der Waals surface area contributed by atoms with Crippen molar-refractivity contribution < 1.29 is 27.4 Å². The number of alkyl halides is 3. The lowest BCUT2D eigenvalue weighted by molar-refractivity contribution is -0.142. The summed E-state index contributed by atoms with van der Waals surface area (Å²) in [7, 11) is 0. The van der Waals surface area contributed by atoms with Gasteiger partial charge in [-0.25, -0.2) is 9.48 Å². The Morgan fingerprint density at radius 2 is 1.94 bits per heavy atom. The van der Waals surface area contributed by atoms with Gasteiger partial charge in [0.15, 0.2) is 0 Å². The molecule has 1 aliphatic heterocycles. The summed E-state index contributed by atoms with van der Waals surface area (Å²) in [6, 6.07) is 6.94. The van der Waals surface area contributed by atoms with Crippen LogP contribution in [0.3, 0.4) is 0 Å². The van der Waals surface area contributed by atoms with E-state index < -0.39 is 30.5 Å². The Labute approximate surface area is 183 Å². The highest BCUT2D eigenvalue weighted by Gasteiger charge is 2.37. The van der Waals surface area contributed by atoms with Gasteiger partial charge in [0.2, 0.25) is 0 Å². The molecule has 2 heterocycles. The van der Waals surface area contributed by atoms with Crippen LogP contribution in [0.5, 0.6) is 0 Å². The van der Waals surface area contributed by atoms with Crippen molar-refractivity contribution in [1.82, 2.24) is 19.9 Å². The molecule has 0 aliphatic carbocycles. The number of amides is 1. The average molecular weight is 461 g/mol. The van der Waals surface area contributed by atoms with E-state index in [1.165, 1.54) is 11.1 Å². The first kappa shape index (κ1) is 23.3. The SMILES string of the molecule is CC(C)(C)OC(=O)N1C[C@H](c2cn(CC(F)(F)F)nn2)OC[C@@H]1Cc1ccc(Cl)cc1. The molecule has 1 fully saturated rings. The number of carbonyl (C=O) groups is 1. The smallest absolute Gasteiger partial charge is 0.410 e. The Balaban J connectivity index is 1.77. The minimum Gasteiger partial charge on any atom is -0.444 e. The Hall–Kier alpha value is -2.33. The fourth-order valence-corrected chi connectivity index (χ4v) is 3.33. The van der Waals surface area contributed by atoms with Gasteiger partial charge in [-0.2, -0.15) is 13.2 Å². The maximum absolute atomic E-state index is 12.9. The molecule has 0 saturated carbocycles. The van der Waals surface area contributed by atoms with Crippen LogP contribution in [0.25, 0.3) is 0 Å². The Kier molecular flexibility index (Phi) is 6.80. The molecule has 11 heteroatoms. The summed E-state index contributed by atoms with van der Waals surface area (Å²) < 4.78 is 49.9. The molecule has 1 aromatic heterocycles. The van der Waals surface area contributed by atoms with E-state index in [1.807, 2.05) is 12.1 Å². The highest BCUT2D eigenvalue weighted by atomic mass is 35.5. The van der Waals surface area contributed by atoms with E-state index >= 15 is 0 Å². The average Bonchev–Trinajstić information content (AvgIpc) is 3.09. The Morgan fingerprint density at radius 3 is 2.55 bits per heavy atom. The third-order valence-corrected chi connectivity index (χ3v) is 4.79. The number of rotatable bonds is 4. The molecule has 0 radical (unpaired) electrons. The van der Waals surface area contributed by atoms with Crippen molar-refractivity contribution in [3.63, 3.8) is 0 Å². The van der Waals surface area contributed by atoms with E-state index in [0.717, 1.165) is 5.56 Å². The maximum atomic E-state index is 12.9. The van der Waals surface area contributed by atoms with Crippen molar-refractivity contribution in [2.24, 2.45) is 0 Å². The van der Waals surface area contributed by atoms with Gasteiger partial charge in [0.05, 0.1) is 25.4 Å². The van der Waals surface area contributed by atoms with Crippen molar-refractivity contribution >= 4 is 17.7 Å². The number of carbonyl (C=O) groups excluding carboxylic acids is 1. The molecule has 1 aromatic carbocycles.